The van der Waals surface area contributed by atoms with Gasteiger partial charge in [0.15, 0.2) is 0 Å². The average molecular weight is 501 g/mol. The molecular formula is C26H36N4O6. The van der Waals surface area contributed by atoms with Crippen LogP contribution >= 0.6 is 0 Å². The lowest BCUT2D eigenvalue weighted by atomic mass is 9.94. The van der Waals surface area contributed by atoms with Crippen molar-refractivity contribution in [3.8, 4) is 0 Å². The van der Waals surface area contributed by atoms with Crippen LogP contribution in [-0.4, -0.2) is 65.9 Å². The summed E-state index contributed by atoms with van der Waals surface area (Å²) in [5, 5.41) is 8.02. The number of ether oxygens (including phenoxy) is 1. The highest BCUT2D eigenvalue weighted by molar-refractivity contribution is 6.22. The monoisotopic (exact) mass is 500 g/mol. The van der Waals surface area contributed by atoms with Gasteiger partial charge in [0.1, 0.15) is 5.60 Å². The van der Waals surface area contributed by atoms with E-state index in [0.717, 1.165) is 32.1 Å². The summed E-state index contributed by atoms with van der Waals surface area (Å²) in [6.07, 6.45) is 4.85. The predicted octanol–water partition coefficient (Wildman–Crippen LogP) is 2.77. The number of hydrogen-bond donors (Lipinski definition) is 3. The molecule has 2 aliphatic rings. The lowest BCUT2D eigenvalue weighted by Gasteiger charge is -2.29. The molecule has 3 rings (SSSR count). The van der Waals surface area contributed by atoms with Gasteiger partial charge in [0.2, 0.25) is 5.91 Å². The fraction of sp³-hybridized carbons (Fsp3) is 0.577. The number of nitrogens with zero attached hydrogens (tertiary/aromatic N) is 1. The third-order valence-corrected chi connectivity index (χ3v) is 6.10. The smallest absolute Gasteiger partial charge is 0.407 e. The minimum absolute atomic E-state index is 0.0632. The van der Waals surface area contributed by atoms with Crippen LogP contribution in [0.25, 0.3) is 0 Å². The Hall–Kier alpha value is -3.43. The number of hydrogen-bond acceptors (Lipinski definition) is 6. The van der Waals surface area contributed by atoms with Crippen molar-refractivity contribution in [2.24, 2.45) is 0 Å². The Labute approximate surface area is 211 Å². The molecule has 10 nitrogen and oxygen atoms in total. The maximum Gasteiger partial charge on any atom is 0.407 e. The van der Waals surface area contributed by atoms with E-state index in [1.54, 1.807) is 32.9 Å². The Kier molecular flexibility index (Phi) is 9.06. The highest BCUT2D eigenvalue weighted by atomic mass is 16.6. The molecule has 5 amide bonds. The van der Waals surface area contributed by atoms with Crippen LogP contribution in [0.3, 0.4) is 0 Å². The van der Waals surface area contributed by atoms with E-state index in [9.17, 15) is 24.0 Å². The Morgan fingerprint density at radius 2 is 1.58 bits per heavy atom. The van der Waals surface area contributed by atoms with Crippen LogP contribution in [0.4, 0.5) is 4.79 Å². The number of carbonyl (C=O) groups excluding carboxylic acids is 5. The van der Waals surface area contributed by atoms with Crippen LogP contribution in [0, 0.1) is 0 Å². The minimum Gasteiger partial charge on any atom is -0.444 e. The van der Waals surface area contributed by atoms with Crippen molar-refractivity contribution in [2.45, 2.75) is 77.4 Å². The van der Waals surface area contributed by atoms with E-state index in [1.165, 1.54) is 11.0 Å². The van der Waals surface area contributed by atoms with E-state index in [0.29, 0.717) is 30.6 Å². The lowest BCUT2D eigenvalue weighted by molar-refractivity contribution is -0.120. The van der Waals surface area contributed by atoms with Crippen molar-refractivity contribution in [2.75, 3.05) is 19.6 Å². The number of nitrogens with one attached hydrogen (secondary N) is 3. The van der Waals surface area contributed by atoms with Crippen LogP contribution in [0.1, 0.15) is 96.8 Å². The summed E-state index contributed by atoms with van der Waals surface area (Å²) in [4.78, 5) is 63.1. The van der Waals surface area contributed by atoms with E-state index in [1.807, 2.05) is 0 Å². The van der Waals surface area contributed by atoms with Gasteiger partial charge in [-0.1, -0.05) is 19.3 Å². The van der Waals surface area contributed by atoms with Gasteiger partial charge in [-0.25, -0.2) is 4.79 Å². The molecular weight excluding hydrogens is 464 g/mol. The van der Waals surface area contributed by atoms with Crippen molar-refractivity contribution < 1.29 is 28.7 Å². The zero-order chi connectivity index (χ0) is 26.3. The number of carbonyl (C=O) groups is 5. The summed E-state index contributed by atoms with van der Waals surface area (Å²) in [6.45, 7) is 6.12. The molecule has 1 aliphatic heterocycles. The number of amides is 5. The Bertz CT molecular complexity index is 1010. The van der Waals surface area contributed by atoms with Crippen LogP contribution in [0.15, 0.2) is 18.2 Å². The molecule has 0 bridgehead atoms. The maximum atomic E-state index is 12.9. The van der Waals surface area contributed by atoms with Crippen molar-refractivity contribution >= 4 is 29.7 Å². The quantitative estimate of drug-likeness (QED) is 0.353. The largest absolute Gasteiger partial charge is 0.444 e. The average Bonchev–Trinajstić information content (AvgIpc) is 3.07. The van der Waals surface area contributed by atoms with Crippen molar-refractivity contribution in [1.29, 1.82) is 0 Å². The van der Waals surface area contributed by atoms with Gasteiger partial charge < -0.3 is 20.7 Å². The molecule has 36 heavy (non-hydrogen) atoms. The second-order valence-corrected chi connectivity index (χ2v) is 10.2. The first-order chi connectivity index (χ1) is 17.1. The number of fused-ring (bicyclic) bond motifs is 1. The summed E-state index contributed by atoms with van der Waals surface area (Å²) in [5.74, 6) is -1.16. The highest BCUT2D eigenvalue weighted by Crippen LogP contribution is 2.31. The zero-order valence-corrected chi connectivity index (χ0v) is 21.3. The second-order valence-electron chi connectivity index (χ2n) is 10.2. The highest BCUT2D eigenvalue weighted by Gasteiger charge is 2.40. The number of rotatable bonds is 9. The van der Waals surface area contributed by atoms with Gasteiger partial charge in [-0.3, -0.25) is 24.1 Å². The molecule has 0 saturated heterocycles. The minimum atomic E-state index is -0.598. The Morgan fingerprint density at radius 1 is 0.917 bits per heavy atom. The molecule has 0 unspecified atom stereocenters. The summed E-state index contributed by atoms with van der Waals surface area (Å²) in [6, 6.07) is 4.54. The number of imide groups is 1. The summed E-state index contributed by atoms with van der Waals surface area (Å²) < 4.78 is 5.10. The molecule has 1 aromatic carbocycles. The van der Waals surface area contributed by atoms with Crippen molar-refractivity contribution in [3.05, 3.63) is 34.9 Å². The zero-order valence-electron chi connectivity index (χ0n) is 21.3. The molecule has 1 aliphatic carbocycles. The third-order valence-electron chi connectivity index (χ3n) is 6.10. The first-order valence-electron chi connectivity index (χ1n) is 12.6. The van der Waals surface area contributed by atoms with E-state index in [2.05, 4.69) is 16.0 Å². The molecule has 1 heterocycles. The summed E-state index contributed by atoms with van der Waals surface area (Å²) >= 11 is 0. The SMILES string of the molecule is CC(C)(C)OC(=O)NCCC(=O)NCCCNC(=O)c1ccc2c(c1)C(=O)N(C1CCCCC1)C2=O. The Morgan fingerprint density at radius 3 is 2.28 bits per heavy atom. The first-order valence-corrected chi connectivity index (χ1v) is 12.6. The predicted molar refractivity (Wildman–Crippen MR) is 133 cm³/mol. The number of benzene rings is 1. The maximum absolute atomic E-state index is 12.9. The second kappa shape index (κ2) is 12.0. The molecule has 196 valence electrons. The molecule has 1 fully saturated rings. The fourth-order valence-electron chi connectivity index (χ4n) is 4.37. The molecule has 1 aromatic rings. The van der Waals surface area contributed by atoms with E-state index in [-0.39, 0.29) is 48.2 Å². The van der Waals surface area contributed by atoms with Crippen molar-refractivity contribution in [3.63, 3.8) is 0 Å². The summed E-state index contributed by atoms with van der Waals surface area (Å²) in [5.41, 5.74) is 0.354. The molecule has 0 atom stereocenters. The van der Waals surface area contributed by atoms with Crippen LogP contribution in [-0.2, 0) is 9.53 Å². The van der Waals surface area contributed by atoms with Gasteiger partial charge >= 0.3 is 6.09 Å². The van der Waals surface area contributed by atoms with Gasteiger partial charge in [-0.15, -0.1) is 0 Å². The van der Waals surface area contributed by atoms with Crippen molar-refractivity contribution in [1.82, 2.24) is 20.9 Å². The molecule has 1 saturated carbocycles. The van der Waals surface area contributed by atoms with Gasteiger partial charge in [-0.05, 0) is 58.2 Å². The van der Waals surface area contributed by atoms with E-state index in [4.69, 9.17) is 4.74 Å². The fourth-order valence-corrected chi connectivity index (χ4v) is 4.37. The van der Waals surface area contributed by atoms with E-state index < -0.39 is 11.7 Å². The molecule has 3 N–H and O–H groups in total. The summed E-state index contributed by atoms with van der Waals surface area (Å²) in [7, 11) is 0. The standard InChI is InChI=1S/C26H36N4O6/c1-26(2,3)36-25(35)29-15-12-21(31)27-13-7-14-28-22(32)17-10-11-19-20(16-17)24(34)30(23(19)33)18-8-5-4-6-9-18/h10-11,16,18H,4-9,12-15H2,1-3H3,(H,27,31)(H,28,32)(H,29,35). The van der Waals surface area contributed by atoms with Gasteiger partial charge in [0.25, 0.3) is 17.7 Å². The molecule has 0 spiro atoms. The molecule has 0 aromatic heterocycles. The number of alkyl carbamates (subject to hydrolysis) is 1. The lowest BCUT2D eigenvalue weighted by Crippen LogP contribution is -2.40. The molecule has 0 radical (unpaired) electrons. The Balaban J connectivity index is 1.38. The third kappa shape index (κ3) is 7.29. The van der Waals surface area contributed by atoms with Gasteiger partial charge in [0, 0.05) is 37.7 Å². The normalized spacial score (nSPS) is 15.9. The first kappa shape index (κ1) is 27.2. The van der Waals surface area contributed by atoms with Crippen LogP contribution in [0.5, 0.6) is 0 Å². The van der Waals surface area contributed by atoms with Crippen LogP contribution < -0.4 is 16.0 Å². The topological polar surface area (TPSA) is 134 Å². The van der Waals surface area contributed by atoms with Gasteiger partial charge in [0.05, 0.1) is 11.1 Å². The van der Waals surface area contributed by atoms with Crippen LogP contribution in [0.2, 0.25) is 0 Å². The van der Waals surface area contributed by atoms with E-state index >= 15 is 0 Å². The molecule has 10 heteroatoms. The van der Waals surface area contributed by atoms with Gasteiger partial charge in [-0.2, -0.15) is 0 Å².